The number of amides is 1. The lowest BCUT2D eigenvalue weighted by molar-refractivity contribution is 0.0951. The summed E-state index contributed by atoms with van der Waals surface area (Å²) < 4.78 is 0. The lowest BCUT2D eigenvalue weighted by Gasteiger charge is -2.05. The molecule has 1 N–H and O–H groups in total. The van der Waals surface area contributed by atoms with E-state index in [0.717, 1.165) is 11.1 Å². The molecule has 0 aromatic heterocycles. The van der Waals surface area contributed by atoms with Gasteiger partial charge in [-0.25, -0.2) is 0 Å². The van der Waals surface area contributed by atoms with Crippen molar-refractivity contribution in [3.8, 4) is 0 Å². The van der Waals surface area contributed by atoms with E-state index in [-0.39, 0.29) is 5.91 Å². The summed E-state index contributed by atoms with van der Waals surface area (Å²) in [4.78, 5) is 11.8. The third-order valence-corrected chi connectivity index (χ3v) is 2.97. The third-order valence-electron chi connectivity index (χ3n) is 2.67. The Hall–Kier alpha value is -1.80. The fraction of sp³-hybridized carbons (Fsp3) is 0.133. The molecule has 0 fully saturated rings. The van der Waals surface area contributed by atoms with Crippen LogP contribution < -0.4 is 5.32 Å². The van der Waals surface area contributed by atoms with Crippen molar-refractivity contribution in [1.29, 1.82) is 0 Å². The van der Waals surface area contributed by atoms with Gasteiger partial charge in [-0.15, -0.1) is 11.6 Å². The Morgan fingerprint density at radius 2 is 1.56 bits per heavy atom. The van der Waals surface area contributed by atoms with Crippen molar-refractivity contribution in [2.45, 2.75) is 12.4 Å². The molecule has 1 amide bonds. The van der Waals surface area contributed by atoms with Gasteiger partial charge in [0.25, 0.3) is 5.91 Å². The van der Waals surface area contributed by atoms with Gasteiger partial charge in [0, 0.05) is 18.0 Å². The molecule has 0 saturated heterocycles. The molecule has 0 spiro atoms. The van der Waals surface area contributed by atoms with E-state index < -0.39 is 0 Å². The highest BCUT2D eigenvalue weighted by molar-refractivity contribution is 6.17. The highest BCUT2D eigenvalue weighted by atomic mass is 35.5. The van der Waals surface area contributed by atoms with Gasteiger partial charge in [-0.05, 0) is 23.3 Å². The van der Waals surface area contributed by atoms with Gasteiger partial charge in [0.05, 0.1) is 0 Å². The quantitative estimate of drug-likeness (QED) is 0.839. The molecule has 0 atom stereocenters. The molecular weight excluding hydrogens is 246 g/mol. The standard InChI is InChI=1S/C15H14ClNO/c16-10-12-6-8-13(9-7-12)11-17-15(18)14-4-2-1-3-5-14/h1-9H,10-11H2,(H,17,18). The molecule has 0 unspecified atom stereocenters. The summed E-state index contributed by atoms with van der Waals surface area (Å²) in [5.74, 6) is 0.452. The van der Waals surface area contributed by atoms with E-state index in [4.69, 9.17) is 11.6 Å². The minimum absolute atomic E-state index is 0.0583. The first-order chi connectivity index (χ1) is 8.79. The molecule has 2 nitrogen and oxygen atoms in total. The van der Waals surface area contributed by atoms with E-state index in [1.54, 1.807) is 12.1 Å². The van der Waals surface area contributed by atoms with Crippen LogP contribution in [-0.2, 0) is 12.4 Å². The Labute approximate surface area is 112 Å². The molecule has 18 heavy (non-hydrogen) atoms. The highest BCUT2D eigenvalue weighted by Crippen LogP contribution is 2.07. The highest BCUT2D eigenvalue weighted by Gasteiger charge is 2.03. The Morgan fingerprint density at radius 1 is 0.944 bits per heavy atom. The SMILES string of the molecule is O=C(NCc1ccc(CCl)cc1)c1ccccc1. The minimum atomic E-state index is -0.0583. The summed E-state index contributed by atoms with van der Waals surface area (Å²) in [6.45, 7) is 0.524. The molecule has 2 aromatic rings. The number of rotatable bonds is 4. The first kappa shape index (κ1) is 12.7. The van der Waals surface area contributed by atoms with Gasteiger partial charge >= 0.3 is 0 Å². The summed E-state index contributed by atoms with van der Waals surface area (Å²) >= 11 is 5.72. The van der Waals surface area contributed by atoms with E-state index in [1.807, 2.05) is 42.5 Å². The van der Waals surface area contributed by atoms with Crippen molar-refractivity contribution in [2.24, 2.45) is 0 Å². The van der Waals surface area contributed by atoms with Gasteiger partial charge in [-0.1, -0.05) is 42.5 Å². The van der Waals surface area contributed by atoms with Gasteiger partial charge in [-0.2, -0.15) is 0 Å². The topological polar surface area (TPSA) is 29.1 Å². The molecule has 0 saturated carbocycles. The Bertz CT molecular complexity index is 508. The van der Waals surface area contributed by atoms with Crippen molar-refractivity contribution in [2.75, 3.05) is 0 Å². The van der Waals surface area contributed by atoms with Crippen LogP contribution >= 0.6 is 11.6 Å². The number of hydrogen-bond acceptors (Lipinski definition) is 1. The first-order valence-corrected chi connectivity index (χ1v) is 6.30. The van der Waals surface area contributed by atoms with Crippen molar-refractivity contribution < 1.29 is 4.79 Å². The van der Waals surface area contributed by atoms with Crippen LogP contribution in [0.4, 0.5) is 0 Å². The molecule has 2 aromatic carbocycles. The van der Waals surface area contributed by atoms with Crippen LogP contribution in [0.25, 0.3) is 0 Å². The lowest BCUT2D eigenvalue weighted by atomic mass is 10.1. The summed E-state index contributed by atoms with van der Waals surface area (Å²) in [6.07, 6.45) is 0. The molecule has 0 aliphatic carbocycles. The zero-order chi connectivity index (χ0) is 12.8. The lowest BCUT2D eigenvalue weighted by Crippen LogP contribution is -2.22. The number of nitrogens with one attached hydrogen (secondary N) is 1. The maximum atomic E-state index is 11.8. The fourth-order valence-corrected chi connectivity index (χ4v) is 1.80. The maximum Gasteiger partial charge on any atom is 0.251 e. The Kier molecular flexibility index (Phi) is 4.37. The van der Waals surface area contributed by atoms with E-state index in [9.17, 15) is 4.79 Å². The summed E-state index contributed by atoms with van der Waals surface area (Å²) in [5, 5.41) is 2.88. The van der Waals surface area contributed by atoms with Crippen LogP contribution in [0.2, 0.25) is 0 Å². The molecule has 0 aliphatic rings. The number of hydrogen-bond donors (Lipinski definition) is 1. The number of carbonyl (C=O) groups is 1. The third kappa shape index (κ3) is 3.34. The summed E-state index contributed by atoms with van der Waals surface area (Å²) in [5.41, 5.74) is 2.82. The molecule has 92 valence electrons. The van der Waals surface area contributed by atoms with Crippen LogP contribution in [0.1, 0.15) is 21.5 Å². The van der Waals surface area contributed by atoms with Crippen molar-refractivity contribution >= 4 is 17.5 Å². The van der Waals surface area contributed by atoms with Crippen molar-refractivity contribution in [3.63, 3.8) is 0 Å². The molecular formula is C15H14ClNO. The van der Waals surface area contributed by atoms with Gasteiger partial charge in [0.1, 0.15) is 0 Å². The molecule has 3 heteroatoms. The maximum absolute atomic E-state index is 11.8. The minimum Gasteiger partial charge on any atom is -0.348 e. The summed E-state index contributed by atoms with van der Waals surface area (Å²) in [7, 11) is 0. The van der Waals surface area contributed by atoms with E-state index in [0.29, 0.717) is 18.0 Å². The number of benzene rings is 2. The first-order valence-electron chi connectivity index (χ1n) is 5.76. The second-order valence-electron chi connectivity index (χ2n) is 4.00. The van der Waals surface area contributed by atoms with Crippen LogP contribution in [0.3, 0.4) is 0 Å². The van der Waals surface area contributed by atoms with Crippen molar-refractivity contribution in [1.82, 2.24) is 5.32 Å². The molecule has 0 aliphatic heterocycles. The fourth-order valence-electron chi connectivity index (χ4n) is 1.62. The van der Waals surface area contributed by atoms with Crippen LogP contribution in [0, 0.1) is 0 Å². The van der Waals surface area contributed by atoms with Crippen molar-refractivity contribution in [3.05, 3.63) is 71.3 Å². The smallest absolute Gasteiger partial charge is 0.251 e. The number of alkyl halides is 1. The van der Waals surface area contributed by atoms with Crippen LogP contribution in [0.5, 0.6) is 0 Å². The van der Waals surface area contributed by atoms with Gasteiger partial charge in [0.2, 0.25) is 0 Å². The number of halogens is 1. The Balaban J connectivity index is 1.93. The normalized spacial score (nSPS) is 10.1. The average molecular weight is 260 g/mol. The largest absolute Gasteiger partial charge is 0.348 e. The van der Waals surface area contributed by atoms with Gasteiger partial charge < -0.3 is 5.32 Å². The van der Waals surface area contributed by atoms with E-state index in [2.05, 4.69) is 5.32 Å². The average Bonchev–Trinajstić information content (AvgIpc) is 2.46. The predicted molar refractivity (Wildman–Crippen MR) is 73.6 cm³/mol. The van der Waals surface area contributed by atoms with E-state index in [1.165, 1.54) is 0 Å². The number of carbonyl (C=O) groups excluding carboxylic acids is 1. The zero-order valence-corrected chi connectivity index (χ0v) is 10.7. The van der Waals surface area contributed by atoms with Crippen LogP contribution in [-0.4, -0.2) is 5.91 Å². The van der Waals surface area contributed by atoms with Gasteiger partial charge in [0.15, 0.2) is 0 Å². The van der Waals surface area contributed by atoms with E-state index >= 15 is 0 Å². The molecule has 0 bridgehead atoms. The van der Waals surface area contributed by atoms with Crippen LogP contribution in [0.15, 0.2) is 54.6 Å². The monoisotopic (exact) mass is 259 g/mol. The molecule has 2 rings (SSSR count). The summed E-state index contributed by atoms with van der Waals surface area (Å²) in [6, 6.07) is 17.1. The van der Waals surface area contributed by atoms with Gasteiger partial charge in [-0.3, -0.25) is 4.79 Å². The molecule has 0 radical (unpaired) electrons. The second-order valence-corrected chi connectivity index (χ2v) is 4.27. The Morgan fingerprint density at radius 3 is 2.17 bits per heavy atom. The molecule has 0 heterocycles. The predicted octanol–water partition coefficient (Wildman–Crippen LogP) is 3.36. The zero-order valence-electron chi connectivity index (χ0n) is 9.90. The second kappa shape index (κ2) is 6.22.